The van der Waals surface area contributed by atoms with Crippen molar-refractivity contribution in [3.05, 3.63) is 58.4 Å². The monoisotopic (exact) mass is 455 g/mol. The van der Waals surface area contributed by atoms with E-state index in [9.17, 15) is 22.8 Å². The number of amides is 1. The zero-order valence-electron chi connectivity index (χ0n) is 16.5. The van der Waals surface area contributed by atoms with E-state index in [4.69, 9.17) is 11.6 Å². The first-order valence-corrected chi connectivity index (χ1v) is 10.9. The number of benzene rings is 2. The van der Waals surface area contributed by atoms with Gasteiger partial charge in [0, 0.05) is 45.4 Å². The van der Waals surface area contributed by atoms with Crippen LogP contribution in [0.1, 0.15) is 43.5 Å². The molecule has 0 radical (unpaired) electrons. The lowest BCUT2D eigenvalue weighted by Gasteiger charge is -2.31. The maximum Gasteiger partial charge on any atom is 0.255 e. The molecule has 1 unspecified atom stereocenters. The molecule has 2 aromatic carbocycles. The van der Waals surface area contributed by atoms with E-state index in [0.29, 0.717) is 27.8 Å². The quantitative estimate of drug-likeness (QED) is 0.524. The summed E-state index contributed by atoms with van der Waals surface area (Å²) in [5.41, 5.74) is 0.0602. The molecule has 3 rings (SSSR count). The summed E-state index contributed by atoms with van der Waals surface area (Å²) < 4.78 is 39.9. The van der Waals surface area contributed by atoms with Crippen LogP contribution in [0, 0.1) is 29.3 Å². The first-order valence-electron chi connectivity index (χ1n) is 9.65. The van der Waals surface area contributed by atoms with Crippen LogP contribution in [0.25, 0.3) is 0 Å². The van der Waals surface area contributed by atoms with Crippen LogP contribution in [0.15, 0.2) is 35.2 Å². The van der Waals surface area contributed by atoms with E-state index in [2.05, 4.69) is 5.32 Å². The van der Waals surface area contributed by atoms with E-state index in [1.165, 1.54) is 17.8 Å². The fourth-order valence-electron chi connectivity index (χ4n) is 3.65. The largest absolute Gasteiger partial charge is 0.322 e. The number of nitrogens with one attached hydrogen (secondary N) is 1. The first-order chi connectivity index (χ1) is 14.2. The number of carbonyl (C=O) groups is 2. The molecule has 0 aromatic heterocycles. The lowest BCUT2D eigenvalue weighted by Crippen LogP contribution is -2.32. The van der Waals surface area contributed by atoms with Gasteiger partial charge in [-0.1, -0.05) is 25.4 Å². The third-order valence-corrected chi connectivity index (χ3v) is 7.03. The van der Waals surface area contributed by atoms with Gasteiger partial charge in [-0.2, -0.15) is 0 Å². The maximum atomic E-state index is 13.4. The fourth-order valence-corrected chi connectivity index (χ4v) is 5.35. The van der Waals surface area contributed by atoms with Gasteiger partial charge in [0.05, 0.1) is 5.02 Å². The Morgan fingerprint density at radius 2 is 1.83 bits per heavy atom. The molecule has 8 heteroatoms. The SMILES string of the molecule is CCC1C[C@@H](Sc2cc(C(=O)Nc3cc(F)c(F)c(F)c3)ccc2Cl)C[C@H](C)C1=O. The topological polar surface area (TPSA) is 46.2 Å². The molecule has 0 bridgehead atoms. The predicted octanol–water partition coefficient (Wildman–Crippen LogP) is 6.50. The molecule has 3 atom stereocenters. The summed E-state index contributed by atoms with van der Waals surface area (Å²) in [6, 6.07) is 6.13. The van der Waals surface area contributed by atoms with E-state index in [1.54, 1.807) is 12.1 Å². The molecule has 1 saturated carbocycles. The highest BCUT2D eigenvalue weighted by Crippen LogP contribution is 2.40. The van der Waals surface area contributed by atoms with Crippen molar-refractivity contribution in [3.63, 3.8) is 0 Å². The van der Waals surface area contributed by atoms with Crippen molar-refractivity contribution in [2.24, 2.45) is 11.8 Å². The van der Waals surface area contributed by atoms with Crippen molar-refractivity contribution in [2.75, 3.05) is 5.32 Å². The van der Waals surface area contributed by atoms with Crippen LogP contribution in [0.3, 0.4) is 0 Å². The number of carbonyl (C=O) groups excluding carboxylic acids is 2. The highest BCUT2D eigenvalue weighted by Gasteiger charge is 2.33. The molecule has 0 heterocycles. The molecule has 1 fully saturated rings. The molecule has 3 nitrogen and oxygen atoms in total. The van der Waals surface area contributed by atoms with Gasteiger partial charge in [-0.05, 0) is 37.5 Å². The zero-order valence-corrected chi connectivity index (χ0v) is 18.0. The lowest BCUT2D eigenvalue weighted by atomic mass is 9.79. The van der Waals surface area contributed by atoms with Crippen molar-refractivity contribution in [3.8, 4) is 0 Å². The number of anilines is 1. The molecule has 1 amide bonds. The Morgan fingerprint density at radius 1 is 1.17 bits per heavy atom. The third-order valence-electron chi connectivity index (χ3n) is 5.27. The Labute approximate surface area is 182 Å². The second kappa shape index (κ2) is 9.43. The Hall–Kier alpha value is -1.99. The number of rotatable bonds is 5. The van der Waals surface area contributed by atoms with Crippen molar-refractivity contribution < 1.29 is 22.8 Å². The second-order valence-electron chi connectivity index (χ2n) is 7.47. The molecule has 1 N–H and O–H groups in total. The summed E-state index contributed by atoms with van der Waals surface area (Å²) in [6.07, 6.45) is 2.29. The fraction of sp³-hybridized carbons (Fsp3) is 0.364. The molecule has 2 aromatic rings. The predicted molar refractivity (Wildman–Crippen MR) is 113 cm³/mol. The Morgan fingerprint density at radius 3 is 2.47 bits per heavy atom. The Kier molecular flexibility index (Phi) is 7.14. The van der Waals surface area contributed by atoms with E-state index in [0.717, 1.165) is 19.3 Å². The van der Waals surface area contributed by atoms with E-state index in [1.807, 2.05) is 13.8 Å². The number of hydrogen-bond donors (Lipinski definition) is 1. The second-order valence-corrected chi connectivity index (χ2v) is 9.22. The smallest absolute Gasteiger partial charge is 0.255 e. The minimum Gasteiger partial charge on any atom is -0.322 e. The minimum absolute atomic E-state index is 0.0188. The van der Waals surface area contributed by atoms with E-state index < -0.39 is 23.4 Å². The minimum atomic E-state index is -1.59. The van der Waals surface area contributed by atoms with Gasteiger partial charge in [0.15, 0.2) is 17.5 Å². The van der Waals surface area contributed by atoms with Crippen molar-refractivity contribution >= 4 is 40.7 Å². The van der Waals surface area contributed by atoms with Gasteiger partial charge in [0.2, 0.25) is 0 Å². The zero-order chi connectivity index (χ0) is 22.0. The molecular formula is C22H21ClF3NO2S. The van der Waals surface area contributed by atoms with E-state index >= 15 is 0 Å². The normalized spacial score (nSPS) is 21.5. The van der Waals surface area contributed by atoms with Gasteiger partial charge in [-0.15, -0.1) is 11.8 Å². The highest BCUT2D eigenvalue weighted by atomic mass is 35.5. The Balaban J connectivity index is 1.76. The highest BCUT2D eigenvalue weighted by molar-refractivity contribution is 8.00. The van der Waals surface area contributed by atoms with Gasteiger partial charge in [-0.3, -0.25) is 9.59 Å². The van der Waals surface area contributed by atoms with Gasteiger partial charge in [0.25, 0.3) is 5.91 Å². The van der Waals surface area contributed by atoms with Crippen LogP contribution in [0.5, 0.6) is 0 Å². The van der Waals surface area contributed by atoms with Crippen LogP contribution < -0.4 is 5.32 Å². The summed E-state index contributed by atoms with van der Waals surface area (Å²) >= 11 is 7.84. The van der Waals surface area contributed by atoms with Crippen LogP contribution in [-0.2, 0) is 4.79 Å². The molecule has 1 aliphatic rings. The van der Waals surface area contributed by atoms with Gasteiger partial charge < -0.3 is 5.32 Å². The van der Waals surface area contributed by atoms with Crippen LogP contribution in [-0.4, -0.2) is 16.9 Å². The number of halogens is 4. The van der Waals surface area contributed by atoms with Gasteiger partial charge in [0.1, 0.15) is 5.78 Å². The van der Waals surface area contributed by atoms with Crippen molar-refractivity contribution in [1.29, 1.82) is 0 Å². The first kappa shape index (κ1) is 22.7. The number of thioether (sulfide) groups is 1. The van der Waals surface area contributed by atoms with Crippen molar-refractivity contribution in [2.45, 2.75) is 43.3 Å². The van der Waals surface area contributed by atoms with Crippen LogP contribution in [0.2, 0.25) is 5.02 Å². The van der Waals surface area contributed by atoms with Crippen LogP contribution >= 0.6 is 23.4 Å². The maximum absolute atomic E-state index is 13.4. The lowest BCUT2D eigenvalue weighted by molar-refractivity contribution is -0.128. The number of Topliss-reactive ketones (excluding diaryl/α,β-unsaturated/α-hetero) is 1. The van der Waals surface area contributed by atoms with E-state index in [-0.39, 0.29) is 28.3 Å². The molecule has 1 aliphatic carbocycles. The Bertz CT molecular complexity index is 962. The van der Waals surface area contributed by atoms with Crippen molar-refractivity contribution in [1.82, 2.24) is 0 Å². The molecule has 160 valence electrons. The van der Waals surface area contributed by atoms with Gasteiger partial charge >= 0.3 is 0 Å². The molecule has 0 spiro atoms. The van der Waals surface area contributed by atoms with Gasteiger partial charge in [-0.25, -0.2) is 13.2 Å². The third kappa shape index (κ3) is 5.01. The summed E-state index contributed by atoms with van der Waals surface area (Å²) in [5, 5.41) is 3.04. The number of ketones is 1. The summed E-state index contributed by atoms with van der Waals surface area (Å²) in [4.78, 5) is 25.5. The average Bonchev–Trinajstić information content (AvgIpc) is 2.70. The number of hydrogen-bond acceptors (Lipinski definition) is 3. The summed E-state index contributed by atoms with van der Waals surface area (Å²) in [7, 11) is 0. The average molecular weight is 456 g/mol. The molecule has 0 aliphatic heterocycles. The molecule has 0 saturated heterocycles. The summed E-state index contributed by atoms with van der Waals surface area (Å²) in [5.74, 6) is -4.66. The molecular weight excluding hydrogens is 435 g/mol. The summed E-state index contributed by atoms with van der Waals surface area (Å²) in [6.45, 7) is 3.94. The standard InChI is InChI=1S/C22H21ClF3NO2S/c1-3-12-7-15(6-11(2)21(12)28)30-19-8-13(4-5-16(19)23)22(29)27-14-9-17(24)20(26)18(25)10-14/h4-5,8-12,15H,3,6-7H2,1-2H3,(H,27,29)/t11-,12?,15-/m0/s1. The van der Waals surface area contributed by atoms with Crippen LogP contribution in [0.4, 0.5) is 18.9 Å². The molecule has 30 heavy (non-hydrogen) atoms.